The maximum atomic E-state index is 11.7. The fourth-order valence-corrected chi connectivity index (χ4v) is 4.19. The number of para-hydroxylation sites is 2. The molecule has 2 heterocycles. The second-order valence-corrected chi connectivity index (χ2v) is 8.51. The summed E-state index contributed by atoms with van der Waals surface area (Å²) in [7, 11) is 0. The largest absolute Gasteiger partial charge is 0.343 e. The zero-order valence-electron chi connectivity index (χ0n) is 15.9. The van der Waals surface area contributed by atoms with E-state index in [1.165, 1.54) is 18.1 Å². The van der Waals surface area contributed by atoms with Crippen LogP contribution in [0.5, 0.6) is 0 Å². The minimum Gasteiger partial charge on any atom is -0.343 e. The summed E-state index contributed by atoms with van der Waals surface area (Å²) >= 11 is -0.659. The number of H-pyrrole nitrogens is 1. The van der Waals surface area contributed by atoms with Crippen LogP contribution < -0.4 is 5.32 Å². The first kappa shape index (κ1) is 20.2. The number of hydrogen-bond donors (Lipinski definition) is 3. The van der Waals surface area contributed by atoms with Crippen LogP contribution in [0.4, 0.5) is 11.4 Å². The van der Waals surface area contributed by atoms with E-state index in [0.29, 0.717) is 17.2 Å². The number of hydrogen-bond acceptors (Lipinski definition) is 6. The molecule has 8 nitrogen and oxygen atoms in total. The Morgan fingerprint density at radius 2 is 1.90 bits per heavy atom. The lowest BCUT2D eigenvalue weighted by atomic mass is 10.3. The summed E-state index contributed by atoms with van der Waals surface area (Å²) < 4.78 is 21.4. The van der Waals surface area contributed by atoms with E-state index in [0.717, 1.165) is 16.2 Å². The third-order valence-corrected chi connectivity index (χ3v) is 6.03. The van der Waals surface area contributed by atoms with Crippen LogP contribution in [0.1, 0.15) is 6.92 Å². The average molecular weight is 439 g/mol. The van der Waals surface area contributed by atoms with Gasteiger partial charge in [-0.3, -0.25) is 0 Å². The van der Waals surface area contributed by atoms with Gasteiger partial charge in [0, 0.05) is 5.69 Å². The molecule has 0 saturated heterocycles. The van der Waals surface area contributed by atoms with Gasteiger partial charge in [0.1, 0.15) is 22.7 Å². The molecular weight excluding hydrogens is 420 g/mol. The lowest BCUT2D eigenvalue weighted by molar-refractivity contribution is 0.564. The highest BCUT2D eigenvalue weighted by Crippen LogP contribution is 2.29. The molecule has 0 bridgehead atoms. The number of thioether (sulfide) groups is 1. The van der Waals surface area contributed by atoms with Crippen LogP contribution in [0.25, 0.3) is 11.2 Å². The van der Waals surface area contributed by atoms with Crippen molar-refractivity contribution in [1.29, 1.82) is 0 Å². The molecule has 0 fully saturated rings. The maximum absolute atomic E-state index is 11.7. The summed E-state index contributed by atoms with van der Waals surface area (Å²) in [6.07, 6.45) is 3.06. The van der Waals surface area contributed by atoms with Crippen LogP contribution in [0.3, 0.4) is 0 Å². The highest BCUT2D eigenvalue weighted by atomic mass is 32.2. The first-order valence-electron chi connectivity index (χ1n) is 9.03. The van der Waals surface area contributed by atoms with Crippen molar-refractivity contribution in [3.05, 3.63) is 67.3 Å². The SMILES string of the molecule is CC(Sc1ncnc2nc[nH]c12)C(=Nc1ccccc1S(=O)O)Nc1ccccc1. The predicted molar refractivity (Wildman–Crippen MR) is 120 cm³/mol. The van der Waals surface area contributed by atoms with E-state index in [4.69, 9.17) is 4.99 Å². The quantitative estimate of drug-likeness (QED) is 0.135. The molecule has 0 aliphatic carbocycles. The Hall–Kier alpha value is -3.08. The molecule has 3 N–H and O–H groups in total. The molecule has 0 radical (unpaired) electrons. The molecule has 0 amide bonds. The zero-order valence-corrected chi connectivity index (χ0v) is 17.5. The van der Waals surface area contributed by atoms with Gasteiger partial charge in [0.05, 0.1) is 22.2 Å². The van der Waals surface area contributed by atoms with Crippen LogP contribution in [-0.4, -0.2) is 39.8 Å². The Balaban J connectivity index is 1.71. The molecule has 2 unspecified atom stereocenters. The zero-order chi connectivity index (χ0) is 20.9. The average Bonchev–Trinajstić information content (AvgIpc) is 3.24. The van der Waals surface area contributed by atoms with Gasteiger partial charge >= 0.3 is 0 Å². The summed E-state index contributed by atoms with van der Waals surface area (Å²) in [5.74, 6) is 0.621. The van der Waals surface area contributed by atoms with Gasteiger partial charge in [-0.2, -0.15) is 0 Å². The van der Waals surface area contributed by atoms with Crippen molar-refractivity contribution in [3.63, 3.8) is 0 Å². The molecule has 4 rings (SSSR count). The highest BCUT2D eigenvalue weighted by Gasteiger charge is 2.18. The molecule has 2 aromatic heterocycles. The molecule has 2 atom stereocenters. The first-order valence-corrected chi connectivity index (χ1v) is 11.0. The topological polar surface area (TPSA) is 116 Å². The van der Waals surface area contributed by atoms with Gasteiger partial charge in [-0.25, -0.2) is 24.2 Å². The predicted octanol–water partition coefficient (Wildman–Crippen LogP) is 4.26. The van der Waals surface area contributed by atoms with Crippen molar-refractivity contribution in [3.8, 4) is 0 Å². The van der Waals surface area contributed by atoms with E-state index >= 15 is 0 Å². The smallest absolute Gasteiger partial charge is 0.188 e. The standard InChI is InChI=1S/C20H18N6O2S2/c1-13(29-20-17-19(22-11-21-17)23-12-24-20)18(25-14-7-3-2-4-8-14)26-15-9-5-6-10-16(15)30(27)28/h2-13H,1H3,(H,25,26)(H,27,28)(H,21,22,23,24). The Labute approximate surface area is 179 Å². The van der Waals surface area contributed by atoms with Crippen LogP contribution in [0.2, 0.25) is 0 Å². The van der Waals surface area contributed by atoms with Crippen LogP contribution >= 0.6 is 11.8 Å². The minimum atomic E-state index is -2.14. The lowest BCUT2D eigenvalue weighted by Crippen LogP contribution is -2.23. The second kappa shape index (κ2) is 9.16. The van der Waals surface area contributed by atoms with Crippen molar-refractivity contribution in [2.24, 2.45) is 4.99 Å². The summed E-state index contributed by atoms with van der Waals surface area (Å²) in [6.45, 7) is 1.99. The number of amidine groups is 1. The van der Waals surface area contributed by atoms with E-state index in [9.17, 15) is 8.76 Å². The summed E-state index contributed by atoms with van der Waals surface area (Å²) in [4.78, 5) is 20.7. The number of imidazole rings is 1. The number of aliphatic imine (C=N–C) groups is 1. The summed E-state index contributed by atoms with van der Waals surface area (Å²) in [5.41, 5.74) is 2.64. The third-order valence-electron chi connectivity index (χ3n) is 4.20. The van der Waals surface area contributed by atoms with Gasteiger partial charge in [0.25, 0.3) is 0 Å². The van der Waals surface area contributed by atoms with Crippen LogP contribution in [-0.2, 0) is 11.1 Å². The fraction of sp³-hybridized carbons (Fsp3) is 0.100. The van der Waals surface area contributed by atoms with Gasteiger partial charge in [-0.15, -0.1) is 0 Å². The molecule has 0 aliphatic heterocycles. The van der Waals surface area contributed by atoms with Gasteiger partial charge in [-0.05, 0) is 31.2 Å². The Morgan fingerprint density at radius 3 is 2.70 bits per heavy atom. The first-order chi connectivity index (χ1) is 14.6. The van der Waals surface area contributed by atoms with Crippen molar-refractivity contribution >= 4 is 51.2 Å². The van der Waals surface area contributed by atoms with Crippen molar-refractivity contribution < 1.29 is 8.76 Å². The molecular formula is C20H18N6O2S2. The Morgan fingerprint density at radius 1 is 1.13 bits per heavy atom. The van der Waals surface area contributed by atoms with Crippen LogP contribution in [0, 0.1) is 0 Å². The van der Waals surface area contributed by atoms with Crippen molar-refractivity contribution in [2.75, 3.05) is 5.32 Å². The van der Waals surface area contributed by atoms with Gasteiger partial charge in [0.15, 0.2) is 16.7 Å². The molecule has 10 heteroatoms. The fourth-order valence-electron chi connectivity index (χ4n) is 2.77. The molecule has 0 aliphatic rings. The number of anilines is 1. The van der Waals surface area contributed by atoms with E-state index in [2.05, 4.69) is 25.3 Å². The normalized spacial score (nSPS) is 13.9. The Bertz CT molecular complexity index is 1210. The van der Waals surface area contributed by atoms with E-state index < -0.39 is 11.1 Å². The number of benzene rings is 2. The molecule has 4 aromatic rings. The van der Waals surface area contributed by atoms with Gasteiger partial charge in [-0.1, -0.05) is 42.1 Å². The number of fused-ring (bicyclic) bond motifs is 1. The lowest BCUT2D eigenvalue weighted by Gasteiger charge is -2.17. The van der Waals surface area contributed by atoms with E-state index in [1.54, 1.807) is 30.6 Å². The number of rotatable bonds is 6. The van der Waals surface area contributed by atoms with Crippen LogP contribution in [0.15, 0.2) is 82.2 Å². The van der Waals surface area contributed by atoms with E-state index in [1.807, 2.05) is 37.3 Å². The number of nitrogens with one attached hydrogen (secondary N) is 2. The van der Waals surface area contributed by atoms with Gasteiger partial charge in [0.2, 0.25) is 0 Å². The molecule has 0 saturated carbocycles. The van der Waals surface area contributed by atoms with Gasteiger partial charge < -0.3 is 14.9 Å². The molecule has 2 aromatic carbocycles. The van der Waals surface area contributed by atoms with Crippen molar-refractivity contribution in [2.45, 2.75) is 22.1 Å². The minimum absolute atomic E-state index is 0.160. The summed E-state index contributed by atoms with van der Waals surface area (Å²) in [6, 6.07) is 16.4. The molecule has 30 heavy (non-hydrogen) atoms. The maximum Gasteiger partial charge on any atom is 0.188 e. The monoisotopic (exact) mass is 438 g/mol. The number of aromatic amines is 1. The number of aromatic nitrogens is 4. The van der Waals surface area contributed by atoms with Crippen molar-refractivity contribution in [1.82, 2.24) is 19.9 Å². The Kier molecular flexibility index (Phi) is 6.17. The molecule has 0 spiro atoms. The number of nitrogens with zero attached hydrogens (tertiary/aromatic N) is 4. The second-order valence-electron chi connectivity index (χ2n) is 6.24. The highest BCUT2D eigenvalue weighted by molar-refractivity contribution is 8.00. The summed E-state index contributed by atoms with van der Waals surface area (Å²) in [5, 5.41) is 3.92. The van der Waals surface area contributed by atoms with E-state index in [-0.39, 0.29) is 10.1 Å². The third kappa shape index (κ3) is 4.56. The molecule has 152 valence electrons.